The molecule has 1 aromatic heterocycles. The maximum Gasteiger partial charge on any atom is 0.0547 e. The molecular formula is C63H61N. The first-order valence-corrected chi connectivity index (χ1v) is 23.7. The summed E-state index contributed by atoms with van der Waals surface area (Å²) in [7, 11) is 0. The van der Waals surface area contributed by atoms with Crippen molar-refractivity contribution < 1.29 is 0 Å². The third-order valence-corrected chi connectivity index (χ3v) is 14.6. The van der Waals surface area contributed by atoms with Crippen LogP contribution in [-0.2, 0) is 11.8 Å². The average molecular weight is 832 g/mol. The molecular weight excluding hydrogens is 771 g/mol. The normalized spacial score (nSPS) is 19.9. The van der Waals surface area contributed by atoms with E-state index in [0.717, 1.165) is 24.3 Å². The third-order valence-electron chi connectivity index (χ3n) is 14.6. The first-order valence-electron chi connectivity index (χ1n) is 23.7. The van der Waals surface area contributed by atoms with Gasteiger partial charge in [-0.2, -0.15) is 0 Å². The van der Waals surface area contributed by atoms with E-state index in [9.17, 15) is 0 Å². The predicted octanol–water partition coefficient (Wildman–Crippen LogP) is 17.7. The lowest BCUT2D eigenvalue weighted by Gasteiger charge is -2.30. The molecule has 6 aromatic carbocycles. The fourth-order valence-electron chi connectivity index (χ4n) is 11.4. The Balaban J connectivity index is 0.000000296. The first kappa shape index (κ1) is 41.6. The van der Waals surface area contributed by atoms with Gasteiger partial charge in [-0.1, -0.05) is 162 Å². The zero-order valence-corrected chi connectivity index (χ0v) is 38.5. The monoisotopic (exact) mass is 831 g/mol. The van der Waals surface area contributed by atoms with Crippen molar-refractivity contribution in [3.05, 3.63) is 210 Å². The van der Waals surface area contributed by atoms with Gasteiger partial charge in [-0.3, -0.25) is 0 Å². The number of fused-ring (bicyclic) bond motifs is 6. The fourth-order valence-corrected chi connectivity index (χ4v) is 11.4. The van der Waals surface area contributed by atoms with Crippen LogP contribution >= 0.6 is 0 Å². The minimum atomic E-state index is 0.0214. The maximum atomic E-state index is 4.49. The van der Waals surface area contributed by atoms with Crippen LogP contribution in [0.4, 0.5) is 0 Å². The van der Waals surface area contributed by atoms with E-state index in [0.29, 0.717) is 5.92 Å². The topological polar surface area (TPSA) is 4.93 Å². The Kier molecular flexibility index (Phi) is 11.0. The van der Waals surface area contributed by atoms with Crippen molar-refractivity contribution in [3.8, 4) is 16.8 Å². The van der Waals surface area contributed by atoms with E-state index in [-0.39, 0.29) is 5.41 Å². The zero-order valence-electron chi connectivity index (χ0n) is 38.5. The Hall–Kier alpha value is -6.44. The highest BCUT2D eigenvalue weighted by molar-refractivity contribution is 6.14. The van der Waals surface area contributed by atoms with Crippen LogP contribution in [0.1, 0.15) is 95.4 Å². The zero-order chi connectivity index (χ0) is 44.1. The van der Waals surface area contributed by atoms with Gasteiger partial charge in [-0.05, 0) is 183 Å². The van der Waals surface area contributed by atoms with Crippen LogP contribution in [-0.4, -0.2) is 4.57 Å². The molecule has 0 N–H and O–H groups in total. The van der Waals surface area contributed by atoms with Gasteiger partial charge in [0.05, 0.1) is 11.0 Å². The molecule has 1 nitrogen and oxygen atoms in total. The Bertz CT molecular complexity index is 3230. The molecule has 5 aliphatic carbocycles. The van der Waals surface area contributed by atoms with Crippen molar-refractivity contribution in [1.29, 1.82) is 0 Å². The number of nitrogens with zero attached hydrogens (tertiary/aromatic N) is 1. The van der Waals surface area contributed by atoms with Crippen molar-refractivity contribution in [2.45, 2.75) is 85.0 Å². The molecule has 0 spiro atoms. The van der Waals surface area contributed by atoms with E-state index in [4.69, 9.17) is 0 Å². The van der Waals surface area contributed by atoms with Crippen LogP contribution in [0.3, 0.4) is 0 Å². The Morgan fingerprint density at radius 3 is 2.33 bits per heavy atom. The number of rotatable bonds is 3. The van der Waals surface area contributed by atoms with Gasteiger partial charge < -0.3 is 4.57 Å². The van der Waals surface area contributed by atoms with Gasteiger partial charge in [0.2, 0.25) is 0 Å². The Labute approximate surface area is 380 Å². The largest absolute Gasteiger partial charge is 0.309 e. The molecule has 2 atom stereocenters. The highest BCUT2D eigenvalue weighted by Gasteiger charge is 2.40. The molecule has 0 fully saturated rings. The van der Waals surface area contributed by atoms with E-state index in [1.54, 1.807) is 5.57 Å². The van der Waals surface area contributed by atoms with Crippen LogP contribution in [0.15, 0.2) is 188 Å². The highest BCUT2D eigenvalue weighted by Crippen LogP contribution is 2.53. The summed E-state index contributed by atoms with van der Waals surface area (Å²) in [6, 6.07) is 39.1. The molecule has 12 rings (SSSR count). The van der Waals surface area contributed by atoms with E-state index in [1.807, 2.05) is 6.08 Å². The lowest BCUT2D eigenvalue weighted by atomic mass is 9.74. The van der Waals surface area contributed by atoms with Crippen LogP contribution in [0, 0.1) is 11.8 Å². The molecule has 64 heavy (non-hydrogen) atoms. The van der Waals surface area contributed by atoms with E-state index >= 15 is 0 Å². The average Bonchev–Trinajstić information content (AvgIpc) is 3.75. The number of hydrogen-bond acceptors (Lipinski definition) is 0. The maximum absolute atomic E-state index is 4.49. The van der Waals surface area contributed by atoms with Crippen molar-refractivity contribution in [1.82, 2.24) is 4.57 Å². The van der Waals surface area contributed by atoms with Gasteiger partial charge in [0.1, 0.15) is 0 Å². The molecule has 2 unspecified atom stereocenters. The molecule has 0 bridgehead atoms. The summed E-state index contributed by atoms with van der Waals surface area (Å²) in [5, 5.41) is 7.78. The van der Waals surface area contributed by atoms with Crippen molar-refractivity contribution >= 4 is 54.5 Å². The molecule has 1 heterocycles. The van der Waals surface area contributed by atoms with Gasteiger partial charge >= 0.3 is 0 Å². The number of hydrogen-bond donors (Lipinski definition) is 0. The molecule has 7 aromatic rings. The smallest absolute Gasteiger partial charge is 0.0547 e. The van der Waals surface area contributed by atoms with Gasteiger partial charge in [-0.15, -0.1) is 0 Å². The standard InChI is InChI=1S/C49H39N.C7H12.C7H10/c1-6-12-31-23-33-21-22-38(40-18-11-17-37(30(31)3)47(33)40)32-14-10-15-36(24-32)50-45-20-8-7-16-39(45)43-26-34-25-42-41-19-9-13-29(2)48(41)49(4,5)44(42)27-35(34)28-46(43)50;2*1-7-5-3-2-4-6-7/h6-12,14-22,24-29H,1,3,13,23H2,2,4-5H3;3,5,7H,2,4,6H2,1H3;2-3,5H,4,6H2,1H3/b31-12-;;. The molecule has 5 aliphatic rings. The minimum Gasteiger partial charge on any atom is -0.309 e. The number of benzene rings is 6. The van der Waals surface area contributed by atoms with Gasteiger partial charge in [-0.25, -0.2) is 0 Å². The number of para-hydroxylation sites is 1. The first-order chi connectivity index (χ1) is 31.1. The predicted molar refractivity (Wildman–Crippen MR) is 279 cm³/mol. The van der Waals surface area contributed by atoms with Crippen molar-refractivity contribution in [2.24, 2.45) is 11.8 Å². The van der Waals surface area contributed by atoms with Crippen LogP contribution in [0.2, 0.25) is 0 Å². The number of aromatic nitrogens is 1. The third kappa shape index (κ3) is 7.30. The minimum absolute atomic E-state index is 0.0214. The summed E-state index contributed by atoms with van der Waals surface area (Å²) in [5.41, 5.74) is 18.5. The van der Waals surface area contributed by atoms with Crippen LogP contribution < -0.4 is 0 Å². The van der Waals surface area contributed by atoms with E-state index in [2.05, 4.69) is 204 Å². The summed E-state index contributed by atoms with van der Waals surface area (Å²) in [6.07, 6.45) is 28.4. The quantitative estimate of drug-likeness (QED) is 0.156. The highest BCUT2D eigenvalue weighted by atomic mass is 15.0. The second-order valence-electron chi connectivity index (χ2n) is 19.4. The van der Waals surface area contributed by atoms with Crippen molar-refractivity contribution in [3.63, 3.8) is 0 Å². The Morgan fingerprint density at radius 2 is 1.58 bits per heavy atom. The summed E-state index contributed by atoms with van der Waals surface area (Å²) in [4.78, 5) is 0. The number of allylic oxidation sites excluding steroid dienone is 14. The summed E-state index contributed by atoms with van der Waals surface area (Å²) >= 11 is 0. The Morgan fingerprint density at radius 1 is 0.750 bits per heavy atom. The lowest BCUT2D eigenvalue weighted by Crippen LogP contribution is -2.22. The summed E-state index contributed by atoms with van der Waals surface area (Å²) in [6.45, 7) is 20.1. The van der Waals surface area contributed by atoms with Crippen LogP contribution in [0.25, 0.3) is 71.3 Å². The molecule has 1 heteroatoms. The summed E-state index contributed by atoms with van der Waals surface area (Å²) < 4.78 is 2.47. The van der Waals surface area contributed by atoms with Crippen LogP contribution in [0.5, 0.6) is 0 Å². The van der Waals surface area contributed by atoms with Gasteiger partial charge in [0.15, 0.2) is 0 Å². The lowest BCUT2D eigenvalue weighted by molar-refractivity contribution is 0.531. The second-order valence-corrected chi connectivity index (χ2v) is 19.4. The SMILES string of the molecule is C=C/C=C1/Cc2ccc(-c3cccc(-n4c5ccccc5c5cc6cc7c(cc6cc54)C(C)(C)C4=C7C=CCC4C)c3)c3cccc(c23)C1=C.CC1=CC=CCC1.CC1C=CCCC1. The molecule has 0 saturated carbocycles. The van der Waals surface area contributed by atoms with E-state index in [1.165, 1.54) is 131 Å². The molecule has 0 amide bonds. The van der Waals surface area contributed by atoms with Gasteiger partial charge in [0, 0.05) is 21.9 Å². The molecule has 0 aliphatic heterocycles. The molecule has 0 radical (unpaired) electrons. The fraction of sp³-hybridized carbons (Fsp3) is 0.238. The van der Waals surface area contributed by atoms with Crippen molar-refractivity contribution in [2.75, 3.05) is 0 Å². The van der Waals surface area contributed by atoms with Gasteiger partial charge in [0.25, 0.3) is 0 Å². The molecule has 0 saturated heterocycles. The molecule has 318 valence electrons. The summed E-state index contributed by atoms with van der Waals surface area (Å²) in [5.74, 6) is 1.42. The second kappa shape index (κ2) is 16.9. The van der Waals surface area contributed by atoms with E-state index < -0.39 is 0 Å².